The molecule has 5 nitrogen and oxygen atoms in total. The van der Waals surface area contributed by atoms with E-state index in [4.69, 9.17) is 14.8 Å². The van der Waals surface area contributed by atoms with E-state index in [2.05, 4.69) is 153 Å². The number of aromatic nitrogens is 3. The maximum Gasteiger partial charge on any atom is 0.202 e. The van der Waals surface area contributed by atoms with E-state index in [9.17, 15) is 0 Å². The number of nitrogens with zero attached hydrogens (tertiary/aromatic N) is 4. The molecule has 0 radical (unpaired) electrons. The van der Waals surface area contributed by atoms with Gasteiger partial charge in [0.2, 0.25) is 8.07 Å². The van der Waals surface area contributed by atoms with Crippen molar-refractivity contribution in [2.75, 3.05) is 12.0 Å². The number of fused-ring (bicyclic) bond motifs is 2. The highest BCUT2D eigenvalue weighted by atomic mass is 28.3. The summed E-state index contributed by atoms with van der Waals surface area (Å²) in [6.45, 7) is 8.84. The first-order valence-electron chi connectivity index (χ1n) is 17.1. The second-order valence-electron chi connectivity index (χ2n) is 13.6. The van der Waals surface area contributed by atoms with Crippen molar-refractivity contribution in [2.45, 2.75) is 33.1 Å². The van der Waals surface area contributed by atoms with E-state index in [0.717, 1.165) is 45.2 Å². The number of anilines is 3. The molecular formula is C44H40N4OSi. The molecule has 7 aromatic rings. The number of rotatable bonds is 7. The predicted molar refractivity (Wildman–Crippen MR) is 208 cm³/mol. The predicted octanol–water partition coefficient (Wildman–Crippen LogP) is 7.38. The first-order valence-corrected chi connectivity index (χ1v) is 19.1. The third-order valence-electron chi connectivity index (χ3n) is 10.3. The third kappa shape index (κ3) is 4.90. The molecule has 8 rings (SSSR count). The molecule has 0 saturated carbocycles. The molecule has 3 heterocycles. The molecule has 0 saturated heterocycles. The van der Waals surface area contributed by atoms with E-state index in [1.807, 2.05) is 36.0 Å². The number of benzene rings is 5. The van der Waals surface area contributed by atoms with Gasteiger partial charge in [-0.15, -0.1) is 0 Å². The van der Waals surface area contributed by atoms with Gasteiger partial charge in [-0.3, -0.25) is 4.98 Å². The molecule has 6 heteroatoms. The van der Waals surface area contributed by atoms with E-state index in [1.165, 1.54) is 26.7 Å². The topological polar surface area (TPSA) is 43.2 Å². The molecule has 2 aromatic heterocycles. The molecule has 0 N–H and O–H groups in total. The maximum atomic E-state index is 6.00. The van der Waals surface area contributed by atoms with Crippen LogP contribution in [0, 0.1) is 13.8 Å². The lowest BCUT2D eigenvalue weighted by Crippen LogP contribution is -2.79. The van der Waals surface area contributed by atoms with Crippen LogP contribution in [0.4, 0.5) is 17.1 Å². The average molecular weight is 669 g/mol. The minimum Gasteiger partial charge on any atom is -0.495 e. The van der Waals surface area contributed by atoms with Crippen LogP contribution in [0.15, 0.2) is 152 Å². The van der Waals surface area contributed by atoms with Gasteiger partial charge in [0, 0.05) is 34.0 Å². The van der Waals surface area contributed by atoms with E-state index in [0.29, 0.717) is 0 Å². The summed E-state index contributed by atoms with van der Waals surface area (Å²) < 4.78 is 8.01. The van der Waals surface area contributed by atoms with Gasteiger partial charge in [0.1, 0.15) is 5.75 Å². The lowest BCUT2D eigenvalue weighted by atomic mass is 9.77. The Morgan fingerprint density at radius 1 is 0.660 bits per heavy atom. The molecule has 1 aliphatic heterocycles. The number of pyridine rings is 1. The zero-order valence-corrected chi connectivity index (χ0v) is 30.1. The molecular weight excluding hydrogens is 629 g/mol. The van der Waals surface area contributed by atoms with E-state index in [-0.39, 0.29) is 5.41 Å². The van der Waals surface area contributed by atoms with Crippen molar-refractivity contribution in [2.24, 2.45) is 0 Å². The largest absolute Gasteiger partial charge is 0.495 e. The minimum atomic E-state index is -2.92. The van der Waals surface area contributed by atoms with Crippen molar-refractivity contribution in [3.05, 3.63) is 174 Å². The zero-order chi connectivity index (χ0) is 34.5. The summed E-state index contributed by atoms with van der Waals surface area (Å²) in [7, 11) is -1.18. The van der Waals surface area contributed by atoms with Crippen LogP contribution < -0.4 is 30.5 Å². The third-order valence-corrected chi connectivity index (χ3v) is 15.0. The highest BCUT2D eigenvalue weighted by Gasteiger charge is 2.52. The van der Waals surface area contributed by atoms with Crippen LogP contribution in [0.5, 0.6) is 5.75 Å². The van der Waals surface area contributed by atoms with Crippen LogP contribution in [0.2, 0.25) is 0 Å². The Hall–Kier alpha value is -5.72. The molecule has 5 aromatic carbocycles. The molecule has 1 aliphatic rings. The fourth-order valence-electron chi connectivity index (χ4n) is 8.09. The lowest BCUT2D eigenvalue weighted by molar-refractivity contribution is 0.416. The van der Waals surface area contributed by atoms with Gasteiger partial charge in [-0.1, -0.05) is 98.8 Å². The Bertz CT molecular complexity index is 2300. The number of hydrogen-bond acceptors (Lipinski definition) is 4. The van der Waals surface area contributed by atoms with Crippen molar-refractivity contribution < 1.29 is 4.74 Å². The molecule has 0 atom stereocenters. The summed E-state index contributed by atoms with van der Waals surface area (Å²) in [6, 6.07) is 52.6. The molecule has 0 spiro atoms. The number of aryl methyl sites for hydroxylation is 2. The van der Waals surface area contributed by atoms with E-state index < -0.39 is 8.07 Å². The highest BCUT2D eigenvalue weighted by molar-refractivity contribution is 7.20. The van der Waals surface area contributed by atoms with Gasteiger partial charge >= 0.3 is 0 Å². The quantitative estimate of drug-likeness (QED) is 0.166. The van der Waals surface area contributed by atoms with Crippen LogP contribution >= 0.6 is 0 Å². The number of hydrogen-bond donors (Lipinski definition) is 0. The number of ether oxygens (including phenoxy) is 1. The Morgan fingerprint density at radius 2 is 1.30 bits per heavy atom. The summed E-state index contributed by atoms with van der Waals surface area (Å²) in [6.07, 6.45) is 1.95. The number of methoxy groups -OCH3 is 1. The minimum absolute atomic E-state index is 0.164. The van der Waals surface area contributed by atoms with Crippen LogP contribution in [0.1, 0.15) is 36.4 Å². The first-order chi connectivity index (χ1) is 24.3. The van der Waals surface area contributed by atoms with Gasteiger partial charge in [0.25, 0.3) is 0 Å². The molecule has 0 fully saturated rings. The van der Waals surface area contributed by atoms with Crippen molar-refractivity contribution in [1.29, 1.82) is 0 Å². The molecule has 246 valence electrons. The smallest absolute Gasteiger partial charge is 0.202 e. The van der Waals surface area contributed by atoms with Gasteiger partial charge in [0.15, 0.2) is 0 Å². The van der Waals surface area contributed by atoms with Crippen LogP contribution in [0.3, 0.4) is 0 Å². The standard InChI is InChI=1S/C44H40N4OSi/c1-31-28-32(2)48(46-31)35-18-14-16-33(29-35)47(39-22-8-9-23-40(39)49-5)34-17-15-19-36(30-34)50(43-26-12-13-27-45-43)41-24-10-6-20-37(41)44(3,4)38-21-7-11-25-42(38)50/h6-30H,1-5H3. The van der Waals surface area contributed by atoms with E-state index in [1.54, 1.807) is 7.11 Å². The van der Waals surface area contributed by atoms with Crippen molar-refractivity contribution in [3.63, 3.8) is 0 Å². The van der Waals surface area contributed by atoms with Crippen molar-refractivity contribution in [1.82, 2.24) is 14.8 Å². The molecule has 50 heavy (non-hydrogen) atoms. The Morgan fingerprint density at radius 3 is 1.96 bits per heavy atom. The lowest BCUT2D eigenvalue weighted by Gasteiger charge is -2.46. The molecule has 0 aliphatic carbocycles. The SMILES string of the molecule is COc1ccccc1N(c1cccc(-n2nc(C)cc2C)c1)c1cccc([Si]2(c3ccccn3)c3ccccc3C(C)(C)c3ccccc32)c1. The van der Waals surface area contributed by atoms with Crippen molar-refractivity contribution >= 4 is 46.0 Å². The normalized spacial score (nSPS) is 14.0. The van der Waals surface area contributed by atoms with Gasteiger partial charge in [-0.05, 0) is 101 Å². The molecule has 0 amide bonds. The van der Waals surface area contributed by atoms with Gasteiger partial charge < -0.3 is 9.64 Å². The van der Waals surface area contributed by atoms with E-state index >= 15 is 0 Å². The van der Waals surface area contributed by atoms with Crippen molar-refractivity contribution in [3.8, 4) is 11.4 Å². The summed E-state index contributed by atoms with van der Waals surface area (Å²) in [5.74, 6) is 0.793. The Kier molecular flexibility index (Phi) is 7.76. The zero-order valence-electron chi connectivity index (χ0n) is 29.1. The first kappa shape index (κ1) is 31.5. The average Bonchev–Trinajstić information content (AvgIpc) is 3.50. The molecule has 0 bridgehead atoms. The van der Waals surface area contributed by atoms with Gasteiger partial charge in [-0.2, -0.15) is 5.10 Å². The highest BCUT2D eigenvalue weighted by Crippen LogP contribution is 2.41. The van der Waals surface area contributed by atoms with Crippen LogP contribution in [-0.2, 0) is 5.41 Å². The summed E-state index contributed by atoms with van der Waals surface area (Å²) >= 11 is 0. The maximum absolute atomic E-state index is 6.00. The summed E-state index contributed by atoms with van der Waals surface area (Å²) in [5, 5.41) is 9.98. The van der Waals surface area contributed by atoms with Crippen LogP contribution in [-0.4, -0.2) is 29.9 Å². The van der Waals surface area contributed by atoms with Gasteiger partial charge in [-0.25, -0.2) is 4.68 Å². The van der Waals surface area contributed by atoms with Gasteiger partial charge in [0.05, 0.1) is 24.2 Å². The van der Waals surface area contributed by atoms with Crippen LogP contribution in [0.25, 0.3) is 5.69 Å². The molecule has 0 unspecified atom stereocenters. The fourth-order valence-corrected chi connectivity index (χ4v) is 13.5. The Labute approximate surface area is 295 Å². The second-order valence-corrected chi connectivity index (χ2v) is 17.3. The Balaban J connectivity index is 1.42. The summed E-state index contributed by atoms with van der Waals surface area (Å²) in [4.78, 5) is 7.50. The second kappa shape index (κ2) is 12.3. The fraction of sp³-hybridized carbons (Fsp3) is 0.136. The summed E-state index contributed by atoms with van der Waals surface area (Å²) in [5.41, 5.74) is 8.65. The number of para-hydroxylation sites is 2. The monoisotopic (exact) mass is 668 g/mol.